The van der Waals surface area contributed by atoms with Crippen molar-refractivity contribution in [1.82, 2.24) is 0 Å². The van der Waals surface area contributed by atoms with Crippen LogP contribution in [-0.4, -0.2) is 28.3 Å². The van der Waals surface area contributed by atoms with E-state index in [1.54, 1.807) is 42.5 Å². The Morgan fingerprint density at radius 3 is 2.50 bits per heavy atom. The molecule has 112 valence electrons. The van der Waals surface area contributed by atoms with Gasteiger partial charge in [-0.3, -0.25) is 0 Å². The molecule has 22 heavy (non-hydrogen) atoms. The topological polar surface area (TPSA) is 82.4 Å². The molecule has 0 amide bonds. The standard InChI is InChI=1S/C15H11ClN2O4/c16-10-7-5-9(6-8-10)13-17-18(14(22-13)15(20)21)11-3-1-2-4-12(11)19/h1-8,14,19H,(H,20,21). The van der Waals surface area contributed by atoms with Crippen molar-refractivity contribution in [2.24, 2.45) is 5.10 Å². The number of carboxylic acid groups (broad SMARTS) is 1. The lowest BCUT2D eigenvalue weighted by atomic mass is 10.2. The first-order valence-corrected chi connectivity index (χ1v) is 6.75. The van der Waals surface area contributed by atoms with Gasteiger partial charge < -0.3 is 14.9 Å². The first-order valence-electron chi connectivity index (χ1n) is 6.37. The molecule has 0 saturated heterocycles. The molecule has 0 radical (unpaired) electrons. The number of ether oxygens (including phenoxy) is 1. The fraction of sp³-hybridized carbons (Fsp3) is 0.0667. The number of anilines is 1. The summed E-state index contributed by atoms with van der Waals surface area (Å²) in [6.45, 7) is 0. The highest BCUT2D eigenvalue weighted by Crippen LogP contribution is 2.32. The number of hydrogen-bond acceptors (Lipinski definition) is 5. The van der Waals surface area contributed by atoms with Crippen molar-refractivity contribution in [3.63, 3.8) is 0 Å². The van der Waals surface area contributed by atoms with Gasteiger partial charge in [-0.05, 0) is 36.4 Å². The van der Waals surface area contributed by atoms with Crippen LogP contribution in [0.1, 0.15) is 5.56 Å². The Balaban J connectivity index is 2.01. The molecule has 1 aliphatic heterocycles. The molecule has 3 rings (SSSR count). The summed E-state index contributed by atoms with van der Waals surface area (Å²) in [6, 6.07) is 13.0. The first-order chi connectivity index (χ1) is 10.6. The summed E-state index contributed by atoms with van der Waals surface area (Å²) in [5.74, 6) is -1.15. The van der Waals surface area contributed by atoms with Gasteiger partial charge in [0.2, 0.25) is 5.90 Å². The maximum absolute atomic E-state index is 11.4. The molecule has 2 N–H and O–H groups in total. The molecule has 0 aromatic heterocycles. The number of hydrazone groups is 1. The zero-order valence-corrected chi connectivity index (χ0v) is 11.9. The van der Waals surface area contributed by atoms with E-state index in [1.807, 2.05) is 0 Å². The fourth-order valence-electron chi connectivity index (χ4n) is 2.04. The van der Waals surface area contributed by atoms with E-state index in [0.29, 0.717) is 10.6 Å². The lowest BCUT2D eigenvalue weighted by molar-refractivity contribution is -0.144. The van der Waals surface area contributed by atoms with Crippen LogP contribution >= 0.6 is 11.6 Å². The number of hydrogen-bond donors (Lipinski definition) is 2. The van der Waals surface area contributed by atoms with Gasteiger partial charge in [0.1, 0.15) is 11.4 Å². The van der Waals surface area contributed by atoms with E-state index in [4.69, 9.17) is 16.3 Å². The molecule has 0 fully saturated rings. The third-order valence-corrected chi connectivity index (χ3v) is 3.33. The summed E-state index contributed by atoms with van der Waals surface area (Å²) in [7, 11) is 0. The van der Waals surface area contributed by atoms with Crippen molar-refractivity contribution in [3.8, 4) is 5.75 Å². The second-order valence-corrected chi connectivity index (χ2v) is 4.99. The maximum atomic E-state index is 11.4. The molecule has 1 atom stereocenters. The highest BCUT2D eigenvalue weighted by Gasteiger charge is 2.36. The number of benzene rings is 2. The van der Waals surface area contributed by atoms with Crippen molar-refractivity contribution >= 4 is 29.2 Å². The fourth-order valence-corrected chi connectivity index (χ4v) is 2.17. The molecule has 2 aromatic carbocycles. The number of halogens is 1. The molecule has 0 spiro atoms. The predicted molar refractivity (Wildman–Crippen MR) is 81.1 cm³/mol. The van der Waals surface area contributed by atoms with E-state index < -0.39 is 12.2 Å². The molecular formula is C15H11ClN2O4. The third-order valence-electron chi connectivity index (χ3n) is 3.07. The number of nitrogens with zero attached hydrogens (tertiary/aromatic N) is 2. The van der Waals surface area contributed by atoms with Crippen LogP contribution in [0.3, 0.4) is 0 Å². The van der Waals surface area contributed by atoms with Crippen LogP contribution in [0, 0.1) is 0 Å². The molecule has 7 heteroatoms. The van der Waals surface area contributed by atoms with Crippen LogP contribution in [0.25, 0.3) is 0 Å². The van der Waals surface area contributed by atoms with Gasteiger partial charge in [-0.2, -0.15) is 0 Å². The normalized spacial score (nSPS) is 17.0. The van der Waals surface area contributed by atoms with Crippen LogP contribution in [-0.2, 0) is 9.53 Å². The van der Waals surface area contributed by atoms with E-state index in [0.717, 1.165) is 5.01 Å². The zero-order valence-electron chi connectivity index (χ0n) is 11.2. The molecule has 0 saturated carbocycles. The van der Waals surface area contributed by atoms with Crippen molar-refractivity contribution in [2.45, 2.75) is 6.23 Å². The smallest absolute Gasteiger partial charge is 0.368 e. The van der Waals surface area contributed by atoms with E-state index in [2.05, 4.69) is 5.10 Å². The SMILES string of the molecule is O=C(O)C1OC(c2ccc(Cl)cc2)=NN1c1ccccc1O. The number of phenols is 1. The average Bonchev–Trinajstić information content (AvgIpc) is 2.93. The van der Waals surface area contributed by atoms with Gasteiger partial charge in [-0.25, -0.2) is 9.80 Å². The van der Waals surface area contributed by atoms with Crippen LogP contribution in [0.5, 0.6) is 5.75 Å². The average molecular weight is 319 g/mol. The third kappa shape index (κ3) is 2.56. The molecule has 1 unspecified atom stereocenters. The number of rotatable bonds is 3. The van der Waals surface area contributed by atoms with Gasteiger partial charge in [-0.1, -0.05) is 23.7 Å². The Morgan fingerprint density at radius 1 is 1.18 bits per heavy atom. The second kappa shape index (κ2) is 5.57. The van der Waals surface area contributed by atoms with Crippen molar-refractivity contribution in [1.29, 1.82) is 0 Å². The second-order valence-electron chi connectivity index (χ2n) is 4.55. The van der Waals surface area contributed by atoms with E-state index >= 15 is 0 Å². The van der Waals surface area contributed by atoms with Gasteiger partial charge >= 0.3 is 5.97 Å². The predicted octanol–water partition coefficient (Wildman–Crippen LogP) is 2.65. The molecule has 1 aliphatic rings. The van der Waals surface area contributed by atoms with Crippen molar-refractivity contribution in [3.05, 3.63) is 59.1 Å². The highest BCUT2D eigenvalue weighted by atomic mass is 35.5. The van der Waals surface area contributed by atoms with Crippen molar-refractivity contribution in [2.75, 3.05) is 5.01 Å². The molecule has 1 heterocycles. The number of para-hydroxylation sites is 2. The monoisotopic (exact) mass is 318 g/mol. The minimum Gasteiger partial charge on any atom is -0.506 e. The molecule has 2 aromatic rings. The van der Waals surface area contributed by atoms with Crippen LogP contribution in [0.4, 0.5) is 5.69 Å². The van der Waals surface area contributed by atoms with E-state index in [1.165, 1.54) is 6.07 Å². The van der Waals surface area contributed by atoms with Crippen LogP contribution < -0.4 is 5.01 Å². The Kier molecular flexibility index (Phi) is 3.60. The van der Waals surface area contributed by atoms with Gasteiger partial charge in [0.05, 0.1) is 0 Å². The summed E-state index contributed by atoms with van der Waals surface area (Å²) < 4.78 is 5.39. The number of aromatic hydroxyl groups is 1. The zero-order chi connectivity index (χ0) is 15.7. The Bertz CT molecular complexity index is 745. The lowest BCUT2D eigenvalue weighted by Crippen LogP contribution is -2.35. The minimum absolute atomic E-state index is 0.0848. The lowest BCUT2D eigenvalue weighted by Gasteiger charge is -2.18. The minimum atomic E-state index is -1.35. The van der Waals surface area contributed by atoms with Gasteiger partial charge in [0, 0.05) is 10.6 Å². The quantitative estimate of drug-likeness (QED) is 0.909. The van der Waals surface area contributed by atoms with Crippen molar-refractivity contribution < 1.29 is 19.7 Å². The highest BCUT2D eigenvalue weighted by molar-refractivity contribution is 6.30. The Hall–Kier alpha value is -2.73. The first kappa shape index (κ1) is 14.2. The van der Waals surface area contributed by atoms with Crippen LogP contribution in [0.15, 0.2) is 53.6 Å². The summed E-state index contributed by atoms with van der Waals surface area (Å²) >= 11 is 5.82. The molecule has 6 nitrogen and oxygen atoms in total. The van der Waals surface area contributed by atoms with Gasteiger partial charge in [0.25, 0.3) is 6.23 Å². The van der Waals surface area contributed by atoms with Gasteiger partial charge in [-0.15, -0.1) is 5.10 Å². The largest absolute Gasteiger partial charge is 0.506 e. The van der Waals surface area contributed by atoms with E-state index in [-0.39, 0.29) is 17.3 Å². The molecule has 0 aliphatic carbocycles. The molecular weight excluding hydrogens is 308 g/mol. The summed E-state index contributed by atoms with van der Waals surface area (Å²) in [5.41, 5.74) is 0.840. The van der Waals surface area contributed by atoms with Gasteiger partial charge in [0.15, 0.2) is 0 Å². The number of phenolic OH excluding ortho intramolecular Hbond substituents is 1. The Morgan fingerprint density at radius 2 is 1.86 bits per heavy atom. The summed E-state index contributed by atoms with van der Waals surface area (Å²) in [6.07, 6.45) is -1.35. The number of aliphatic carboxylic acids is 1. The Labute approximate surface area is 130 Å². The number of carboxylic acids is 1. The number of carbonyl (C=O) groups is 1. The summed E-state index contributed by atoms with van der Waals surface area (Å²) in [4.78, 5) is 11.4. The molecule has 0 bridgehead atoms. The maximum Gasteiger partial charge on any atom is 0.368 e. The van der Waals surface area contributed by atoms with Crippen LogP contribution in [0.2, 0.25) is 5.02 Å². The van der Waals surface area contributed by atoms with E-state index in [9.17, 15) is 15.0 Å². The summed E-state index contributed by atoms with van der Waals surface area (Å²) in [5, 5.41) is 25.0.